The van der Waals surface area contributed by atoms with Crippen LogP contribution in [0.15, 0.2) is 77.7 Å². The Bertz CT molecular complexity index is 1350. The van der Waals surface area contributed by atoms with Gasteiger partial charge in [0.25, 0.3) is 10.0 Å². The Balaban J connectivity index is 2.07. The average molecular weight is 566 g/mol. The zero-order valence-electron chi connectivity index (χ0n) is 20.2. The highest BCUT2D eigenvalue weighted by molar-refractivity contribution is 7.92. The molecule has 0 heterocycles. The number of nitrogens with one attached hydrogen (secondary N) is 1. The molecule has 0 aromatic heterocycles. The van der Waals surface area contributed by atoms with Crippen molar-refractivity contribution in [1.29, 1.82) is 0 Å². The fraction of sp³-hybridized carbons (Fsp3) is 0.231. The van der Waals surface area contributed by atoms with Crippen molar-refractivity contribution in [3.8, 4) is 0 Å². The summed E-state index contributed by atoms with van der Waals surface area (Å²) in [6.07, 6.45) is 0. The minimum atomic E-state index is -4.36. The molecule has 0 aliphatic heterocycles. The van der Waals surface area contributed by atoms with E-state index in [9.17, 15) is 22.4 Å². The van der Waals surface area contributed by atoms with Gasteiger partial charge in [0, 0.05) is 28.7 Å². The molecule has 37 heavy (non-hydrogen) atoms. The lowest BCUT2D eigenvalue weighted by Crippen LogP contribution is -2.51. The maximum Gasteiger partial charge on any atom is 0.264 e. The Kier molecular flexibility index (Phi) is 9.53. The summed E-state index contributed by atoms with van der Waals surface area (Å²) in [5.74, 6) is -2.04. The molecule has 1 N–H and O–H groups in total. The third-order valence-corrected chi connectivity index (χ3v) is 8.12. The van der Waals surface area contributed by atoms with E-state index in [-0.39, 0.29) is 27.2 Å². The van der Waals surface area contributed by atoms with Gasteiger partial charge in [-0.05, 0) is 50.2 Å². The van der Waals surface area contributed by atoms with Crippen molar-refractivity contribution in [1.82, 2.24) is 10.2 Å². The maximum atomic E-state index is 14.8. The monoisotopic (exact) mass is 565 g/mol. The van der Waals surface area contributed by atoms with Crippen molar-refractivity contribution < 1.29 is 22.4 Å². The zero-order chi connectivity index (χ0) is 27.2. The van der Waals surface area contributed by atoms with Gasteiger partial charge in [0.05, 0.1) is 10.6 Å². The van der Waals surface area contributed by atoms with Crippen molar-refractivity contribution in [2.24, 2.45) is 0 Å². The van der Waals surface area contributed by atoms with Crippen molar-refractivity contribution in [3.63, 3.8) is 0 Å². The normalized spacial score (nSPS) is 12.0. The van der Waals surface area contributed by atoms with E-state index in [1.165, 1.54) is 54.3 Å². The van der Waals surface area contributed by atoms with Crippen LogP contribution in [0.2, 0.25) is 10.0 Å². The van der Waals surface area contributed by atoms with Crippen LogP contribution >= 0.6 is 23.2 Å². The Hall–Kier alpha value is -3.14. The molecular weight excluding hydrogens is 540 g/mol. The molecule has 0 fully saturated rings. The van der Waals surface area contributed by atoms with Gasteiger partial charge in [-0.1, -0.05) is 59.6 Å². The summed E-state index contributed by atoms with van der Waals surface area (Å²) in [7, 11) is -4.36. The first-order valence-corrected chi connectivity index (χ1v) is 13.6. The van der Waals surface area contributed by atoms with Gasteiger partial charge in [0.2, 0.25) is 11.8 Å². The van der Waals surface area contributed by atoms with E-state index >= 15 is 0 Å². The first-order valence-electron chi connectivity index (χ1n) is 11.4. The summed E-state index contributed by atoms with van der Waals surface area (Å²) in [5.41, 5.74) is 0.0831. The third-order valence-electron chi connectivity index (χ3n) is 5.64. The molecular formula is C26H26Cl2FN3O4S. The number of likely N-dealkylation sites (N-methyl/N-ethyl adjacent to an activating group) is 1. The van der Waals surface area contributed by atoms with Crippen LogP contribution in [0.25, 0.3) is 0 Å². The molecule has 7 nitrogen and oxygen atoms in total. The van der Waals surface area contributed by atoms with Crippen LogP contribution in [0.4, 0.5) is 10.1 Å². The summed E-state index contributed by atoms with van der Waals surface area (Å²) < 4.78 is 42.7. The van der Waals surface area contributed by atoms with Crippen molar-refractivity contribution >= 4 is 50.7 Å². The van der Waals surface area contributed by atoms with Crippen molar-refractivity contribution in [2.75, 3.05) is 17.4 Å². The first-order chi connectivity index (χ1) is 17.6. The molecule has 3 aromatic carbocycles. The second-order valence-electron chi connectivity index (χ2n) is 8.07. The van der Waals surface area contributed by atoms with Gasteiger partial charge in [0.1, 0.15) is 18.4 Å². The van der Waals surface area contributed by atoms with E-state index in [4.69, 9.17) is 23.2 Å². The Morgan fingerprint density at radius 1 is 0.946 bits per heavy atom. The lowest BCUT2D eigenvalue weighted by Gasteiger charge is -2.32. The molecule has 196 valence electrons. The van der Waals surface area contributed by atoms with E-state index in [0.29, 0.717) is 16.4 Å². The zero-order valence-corrected chi connectivity index (χ0v) is 22.5. The van der Waals surface area contributed by atoms with E-state index in [0.717, 1.165) is 6.07 Å². The molecule has 0 bridgehead atoms. The summed E-state index contributed by atoms with van der Waals surface area (Å²) in [4.78, 5) is 27.5. The van der Waals surface area contributed by atoms with Gasteiger partial charge in [-0.2, -0.15) is 0 Å². The highest BCUT2D eigenvalue weighted by Crippen LogP contribution is 2.29. The van der Waals surface area contributed by atoms with Gasteiger partial charge >= 0.3 is 0 Å². The first kappa shape index (κ1) is 28.4. The number of anilines is 1. The number of amides is 2. The minimum absolute atomic E-state index is 0.122. The molecule has 3 aromatic rings. The number of carbonyl (C=O) groups is 2. The molecule has 0 spiro atoms. The van der Waals surface area contributed by atoms with E-state index < -0.39 is 40.2 Å². The Morgan fingerprint density at radius 2 is 1.54 bits per heavy atom. The van der Waals surface area contributed by atoms with Crippen LogP contribution in [0.3, 0.4) is 0 Å². The molecule has 0 radical (unpaired) electrons. The van der Waals surface area contributed by atoms with Crippen LogP contribution in [0.5, 0.6) is 0 Å². The van der Waals surface area contributed by atoms with E-state index in [2.05, 4.69) is 5.32 Å². The van der Waals surface area contributed by atoms with Crippen LogP contribution in [0.1, 0.15) is 19.4 Å². The lowest BCUT2D eigenvalue weighted by molar-refractivity contribution is -0.139. The maximum absolute atomic E-state index is 14.8. The number of nitrogens with zero attached hydrogens (tertiary/aromatic N) is 2. The van der Waals surface area contributed by atoms with Crippen molar-refractivity contribution in [3.05, 3.63) is 94.2 Å². The molecule has 1 unspecified atom stereocenters. The topological polar surface area (TPSA) is 86.8 Å². The highest BCUT2D eigenvalue weighted by Gasteiger charge is 2.34. The van der Waals surface area contributed by atoms with Crippen LogP contribution < -0.4 is 9.62 Å². The third kappa shape index (κ3) is 6.60. The van der Waals surface area contributed by atoms with Crippen LogP contribution in [0, 0.1) is 5.82 Å². The summed E-state index contributed by atoms with van der Waals surface area (Å²) in [5, 5.41) is 3.20. The summed E-state index contributed by atoms with van der Waals surface area (Å²) >= 11 is 12.6. The van der Waals surface area contributed by atoms with Gasteiger partial charge in [0.15, 0.2) is 0 Å². The van der Waals surface area contributed by atoms with Crippen molar-refractivity contribution in [2.45, 2.75) is 31.3 Å². The molecule has 0 saturated heterocycles. The van der Waals surface area contributed by atoms with Gasteiger partial charge in [-0.25, -0.2) is 12.8 Å². The molecule has 0 saturated carbocycles. The molecule has 3 rings (SSSR count). The minimum Gasteiger partial charge on any atom is -0.355 e. The SMILES string of the molecule is CCNC(=O)C(C)N(Cc1c(Cl)cccc1Cl)C(=O)CN(c1ccccc1F)S(=O)(=O)c1ccccc1. The predicted octanol–water partition coefficient (Wildman–Crippen LogP) is 4.88. The van der Waals surface area contributed by atoms with E-state index in [1.807, 2.05) is 0 Å². The fourth-order valence-electron chi connectivity index (χ4n) is 3.65. The fourth-order valence-corrected chi connectivity index (χ4v) is 5.61. The van der Waals surface area contributed by atoms with Crippen LogP contribution in [-0.4, -0.2) is 44.3 Å². The van der Waals surface area contributed by atoms with Gasteiger partial charge in [-0.15, -0.1) is 0 Å². The molecule has 0 aliphatic rings. The number of para-hydroxylation sites is 1. The van der Waals surface area contributed by atoms with Gasteiger partial charge in [-0.3, -0.25) is 13.9 Å². The summed E-state index contributed by atoms with van der Waals surface area (Å²) in [6, 6.07) is 16.5. The number of carbonyl (C=O) groups excluding carboxylic acids is 2. The quantitative estimate of drug-likeness (QED) is 0.379. The number of hydrogen-bond acceptors (Lipinski definition) is 4. The molecule has 1 atom stereocenters. The molecule has 2 amide bonds. The standard InChI is InChI=1S/C26H26Cl2FN3O4S/c1-3-30-26(34)18(2)31(16-20-21(27)12-9-13-22(20)28)25(33)17-32(24-15-8-7-14-23(24)29)37(35,36)19-10-5-4-6-11-19/h4-15,18H,3,16-17H2,1-2H3,(H,30,34). The number of benzene rings is 3. The molecule has 11 heteroatoms. The number of sulfonamides is 1. The second-order valence-corrected chi connectivity index (χ2v) is 10.7. The van der Waals surface area contributed by atoms with Gasteiger partial charge < -0.3 is 10.2 Å². The molecule has 0 aliphatic carbocycles. The number of rotatable bonds is 10. The smallest absolute Gasteiger partial charge is 0.264 e. The Labute approximate surface area is 225 Å². The van der Waals surface area contributed by atoms with Crippen LogP contribution in [-0.2, 0) is 26.2 Å². The second kappa shape index (κ2) is 12.4. The lowest BCUT2D eigenvalue weighted by atomic mass is 10.1. The predicted molar refractivity (Wildman–Crippen MR) is 143 cm³/mol. The van der Waals surface area contributed by atoms with E-state index in [1.54, 1.807) is 31.2 Å². The average Bonchev–Trinajstić information content (AvgIpc) is 2.88. The Morgan fingerprint density at radius 3 is 2.14 bits per heavy atom. The largest absolute Gasteiger partial charge is 0.355 e. The highest BCUT2D eigenvalue weighted by atomic mass is 35.5. The summed E-state index contributed by atoms with van der Waals surface area (Å²) in [6.45, 7) is 2.61. The number of halogens is 3. The number of hydrogen-bond donors (Lipinski definition) is 1.